The Hall–Kier alpha value is -4.65. The molecule has 0 bridgehead atoms. The number of fused-ring (bicyclic) bond motifs is 1. The van der Waals surface area contributed by atoms with Crippen LogP contribution in [0.1, 0.15) is 52.3 Å². The van der Waals surface area contributed by atoms with Gasteiger partial charge in [-0.2, -0.15) is 0 Å². The van der Waals surface area contributed by atoms with Crippen molar-refractivity contribution in [2.75, 3.05) is 25.4 Å². The lowest BCUT2D eigenvalue weighted by molar-refractivity contribution is -0.117. The summed E-state index contributed by atoms with van der Waals surface area (Å²) in [4.78, 5) is 43.5. The molecule has 2 heterocycles. The number of aromatic nitrogens is 4. The van der Waals surface area contributed by atoms with Crippen LogP contribution in [-0.2, 0) is 9.53 Å². The maximum absolute atomic E-state index is 12.7. The summed E-state index contributed by atoms with van der Waals surface area (Å²) in [6.07, 6.45) is 10.8. The highest BCUT2D eigenvalue weighted by atomic mass is 16.6. The first-order valence-corrected chi connectivity index (χ1v) is 13.1. The number of hydrogen-bond donors (Lipinski definition) is 3. The Balaban J connectivity index is 1.71. The van der Waals surface area contributed by atoms with Crippen LogP contribution in [0.3, 0.4) is 0 Å². The van der Waals surface area contributed by atoms with E-state index in [9.17, 15) is 9.59 Å². The quantitative estimate of drug-likeness (QED) is 0.203. The molecular weight excluding hydrogens is 506 g/mol. The molecule has 0 aliphatic carbocycles. The Morgan fingerprint density at radius 3 is 2.65 bits per heavy atom. The molecule has 2 amide bonds. The number of carbonyl (C=O) groups is 2. The highest BCUT2D eigenvalue weighted by molar-refractivity contribution is 5.98. The summed E-state index contributed by atoms with van der Waals surface area (Å²) in [5.41, 5.74) is 10.1. The molecule has 1 aromatic carbocycles. The molecule has 0 atom stereocenters. The first-order chi connectivity index (χ1) is 18.9. The molecule has 210 valence electrons. The molecule has 0 fully saturated rings. The van der Waals surface area contributed by atoms with E-state index in [-0.39, 0.29) is 17.9 Å². The van der Waals surface area contributed by atoms with Crippen LogP contribution in [0.4, 0.5) is 10.6 Å². The van der Waals surface area contributed by atoms with E-state index in [1.807, 2.05) is 59.7 Å². The van der Waals surface area contributed by atoms with Crippen LogP contribution < -0.4 is 11.1 Å². The molecule has 0 spiro atoms. The third-order valence-electron chi connectivity index (χ3n) is 5.78. The number of anilines is 1. The van der Waals surface area contributed by atoms with Crippen molar-refractivity contribution in [3.05, 3.63) is 53.4 Å². The van der Waals surface area contributed by atoms with Gasteiger partial charge in [-0.3, -0.25) is 4.79 Å². The van der Waals surface area contributed by atoms with Gasteiger partial charge in [-0.05, 0) is 70.4 Å². The number of nitrogens with one attached hydrogen (secondary N) is 2. The number of ether oxygens (including phenoxy) is 1. The van der Waals surface area contributed by atoms with E-state index in [0.717, 1.165) is 28.6 Å². The summed E-state index contributed by atoms with van der Waals surface area (Å²) in [5, 5.41) is 2.77. The number of aromatic amines is 1. The number of terminal acetylenes is 1. The highest BCUT2D eigenvalue weighted by Crippen LogP contribution is 2.25. The number of rotatable bonds is 9. The number of nitrogens with zero attached hydrogens (tertiary/aromatic N) is 4. The molecule has 10 heteroatoms. The smallest absolute Gasteiger partial charge is 0.410 e. The molecule has 40 heavy (non-hydrogen) atoms. The Bertz CT molecular complexity index is 1490. The number of carbonyl (C=O) groups excluding carboxylic acids is 2. The fourth-order valence-electron chi connectivity index (χ4n) is 3.77. The predicted octanol–water partition coefficient (Wildman–Crippen LogP) is 4.64. The third kappa shape index (κ3) is 7.93. The van der Waals surface area contributed by atoms with Gasteiger partial charge in [0.2, 0.25) is 0 Å². The number of aryl methyl sites for hydroxylation is 1. The maximum Gasteiger partial charge on any atom is 0.410 e. The third-order valence-corrected chi connectivity index (χ3v) is 5.78. The van der Waals surface area contributed by atoms with Gasteiger partial charge in [-0.15, -0.1) is 6.42 Å². The van der Waals surface area contributed by atoms with Crippen molar-refractivity contribution >= 4 is 34.4 Å². The standard InChI is InChI=1S/C30H37N7O3/c1-8-15-37(29(39)40-30(5,6)7)16-14-32-28(38)21(9-2)12-11-20(4)24-18-33-26(31)25(34-24)27-35-22-13-10-19(3)17-23(22)36-27/h2,10-13,17-18H,8,14-16H2,1,3-7H3,(H2,31,33)(H,32,38)(H,35,36)/b20-11+,21-12+. The van der Waals surface area contributed by atoms with Gasteiger partial charge in [0, 0.05) is 19.6 Å². The van der Waals surface area contributed by atoms with E-state index in [4.69, 9.17) is 16.9 Å². The number of amides is 2. The Labute approximate surface area is 235 Å². The second kappa shape index (κ2) is 12.9. The minimum Gasteiger partial charge on any atom is -0.444 e. The van der Waals surface area contributed by atoms with Crippen LogP contribution in [0.5, 0.6) is 0 Å². The van der Waals surface area contributed by atoms with E-state index < -0.39 is 17.6 Å². The van der Waals surface area contributed by atoms with Crippen molar-refractivity contribution in [2.24, 2.45) is 0 Å². The van der Waals surface area contributed by atoms with E-state index in [1.54, 1.807) is 23.2 Å². The Morgan fingerprint density at radius 2 is 1.98 bits per heavy atom. The molecule has 4 N–H and O–H groups in total. The average molecular weight is 544 g/mol. The van der Waals surface area contributed by atoms with Gasteiger partial charge in [0.05, 0.1) is 28.5 Å². The van der Waals surface area contributed by atoms with Gasteiger partial charge in [0.25, 0.3) is 5.91 Å². The first kappa shape index (κ1) is 29.9. The van der Waals surface area contributed by atoms with E-state index in [2.05, 4.69) is 31.2 Å². The lowest BCUT2D eigenvalue weighted by Crippen LogP contribution is -2.42. The van der Waals surface area contributed by atoms with Crippen molar-refractivity contribution in [2.45, 2.75) is 53.6 Å². The monoisotopic (exact) mass is 543 g/mol. The summed E-state index contributed by atoms with van der Waals surface area (Å²) in [6.45, 7) is 12.3. The van der Waals surface area contributed by atoms with Crippen LogP contribution in [0.25, 0.3) is 28.1 Å². The summed E-state index contributed by atoms with van der Waals surface area (Å²) < 4.78 is 5.45. The zero-order valence-corrected chi connectivity index (χ0v) is 24.0. The fourth-order valence-corrected chi connectivity index (χ4v) is 3.77. The summed E-state index contributed by atoms with van der Waals surface area (Å²) in [7, 11) is 0. The topological polar surface area (TPSA) is 139 Å². The molecule has 10 nitrogen and oxygen atoms in total. The van der Waals surface area contributed by atoms with Crippen molar-refractivity contribution in [3.63, 3.8) is 0 Å². The number of imidazole rings is 1. The second-order valence-electron chi connectivity index (χ2n) is 10.4. The minimum absolute atomic E-state index is 0.134. The largest absolute Gasteiger partial charge is 0.444 e. The Morgan fingerprint density at radius 1 is 1.23 bits per heavy atom. The molecule has 3 rings (SSSR count). The van der Waals surface area contributed by atoms with Gasteiger partial charge in [0.15, 0.2) is 11.6 Å². The molecular formula is C30H37N7O3. The molecule has 3 aromatic rings. The zero-order chi connectivity index (χ0) is 29.4. The highest BCUT2D eigenvalue weighted by Gasteiger charge is 2.21. The number of nitrogens with two attached hydrogens (primary N) is 1. The first-order valence-electron chi connectivity index (χ1n) is 13.1. The second-order valence-corrected chi connectivity index (χ2v) is 10.4. The van der Waals surface area contributed by atoms with E-state index >= 15 is 0 Å². The van der Waals surface area contributed by atoms with Gasteiger partial charge < -0.3 is 25.7 Å². The van der Waals surface area contributed by atoms with Gasteiger partial charge >= 0.3 is 6.09 Å². The van der Waals surface area contributed by atoms with Crippen molar-refractivity contribution in [3.8, 4) is 23.9 Å². The van der Waals surface area contributed by atoms with Gasteiger partial charge in [-0.25, -0.2) is 19.7 Å². The minimum atomic E-state index is -0.600. The lowest BCUT2D eigenvalue weighted by Gasteiger charge is -2.27. The molecule has 0 saturated carbocycles. The van der Waals surface area contributed by atoms with Crippen LogP contribution in [-0.4, -0.2) is 62.1 Å². The van der Waals surface area contributed by atoms with Gasteiger partial charge in [-0.1, -0.05) is 25.0 Å². The summed E-state index contributed by atoms with van der Waals surface area (Å²) in [5.74, 6) is 2.76. The van der Waals surface area contributed by atoms with Crippen molar-refractivity contribution < 1.29 is 14.3 Å². The van der Waals surface area contributed by atoms with Crippen LogP contribution in [0, 0.1) is 19.3 Å². The predicted molar refractivity (Wildman–Crippen MR) is 158 cm³/mol. The number of benzene rings is 1. The van der Waals surface area contributed by atoms with Gasteiger partial charge in [0.1, 0.15) is 11.3 Å². The van der Waals surface area contributed by atoms with E-state index in [0.29, 0.717) is 30.3 Å². The SMILES string of the molecule is C#C/C(=C\C=C(/C)c1cnc(N)c(-c2nc3ccc(C)cc3[nH]2)n1)C(=O)NCCN(CCC)C(=O)OC(C)(C)C. The summed E-state index contributed by atoms with van der Waals surface area (Å²) in [6, 6.07) is 5.92. The number of allylic oxidation sites excluding steroid dienone is 3. The summed E-state index contributed by atoms with van der Waals surface area (Å²) >= 11 is 0. The molecule has 0 unspecified atom stereocenters. The lowest BCUT2D eigenvalue weighted by atomic mass is 10.1. The Kier molecular flexibility index (Phi) is 9.67. The molecule has 0 saturated heterocycles. The number of nitrogen functional groups attached to an aromatic ring is 1. The molecule has 2 aromatic heterocycles. The average Bonchev–Trinajstić information content (AvgIpc) is 3.30. The molecule has 0 aliphatic heterocycles. The van der Waals surface area contributed by atoms with Crippen LogP contribution in [0.15, 0.2) is 42.1 Å². The maximum atomic E-state index is 12.7. The zero-order valence-electron chi connectivity index (χ0n) is 24.0. The van der Waals surface area contributed by atoms with Crippen molar-refractivity contribution in [1.29, 1.82) is 0 Å². The normalized spacial score (nSPS) is 12.2. The molecule has 0 radical (unpaired) electrons. The van der Waals surface area contributed by atoms with Crippen LogP contribution in [0.2, 0.25) is 0 Å². The number of hydrogen-bond acceptors (Lipinski definition) is 7. The van der Waals surface area contributed by atoms with Crippen LogP contribution >= 0.6 is 0 Å². The van der Waals surface area contributed by atoms with Crippen molar-refractivity contribution in [1.82, 2.24) is 30.2 Å². The molecule has 0 aliphatic rings. The fraction of sp³-hybridized carbons (Fsp3) is 0.367. The van der Waals surface area contributed by atoms with E-state index in [1.165, 1.54) is 0 Å². The number of H-pyrrole nitrogens is 1.